The molecule has 0 fully saturated rings. The number of nitriles is 1. The van der Waals surface area contributed by atoms with Gasteiger partial charge in [-0.25, -0.2) is 0 Å². The Morgan fingerprint density at radius 3 is 2.51 bits per heavy atom. The first-order valence-corrected chi connectivity index (χ1v) is 14.4. The van der Waals surface area contributed by atoms with Crippen LogP contribution in [0.5, 0.6) is 5.75 Å². The predicted octanol–water partition coefficient (Wildman–Crippen LogP) is 8.44. The summed E-state index contributed by atoms with van der Waals surface area (Å²) in [5.74, 6) is 0.356. The number of hydrogen-bond donors (Lipinski definition) is 1. The maximum atomic E-state index is 14.0. The molecule has 41 heavy (non-hydrogen) atoms. The molecule has 2 aliphatic rings. The fourth-order valence-electron chi connectivity index (χ4n) is 6.05. The minimum Gasteiger partial charge on any atom is -0.487 e. The van der Waals surface area contributed by atoms with Gasteiger partial charge in [0, 0.05) is 22.7 Å². The molecule has 3 aromatic rings. The van der Waals surface area contributed by atoms with Gasteiger partial charge in [-0.2, -0.15) is 5.26 Å². The molecule has 210 valence electrons. The summed E-state index contributed by atoms with van der Waals surface area (Å²) in [5.41, 5.74) is 13.9. The minimum atomic E-state index is -0.590. The normalized spacial score (nSPS) is 18.3. The van der Waals surface area contributed by atoms with Crippen LogP contribution in [-0.4, -0.2) is 5.78 Å². The highest BCUT2D eigenvalue weighted by atomic mass is 35.5. The van der Waals surface area contributed by atoms with Crippen molar-refractivity contribution in [3.05, 3.63) is 115 Å². The number of carbonyl (C=O) groups is 1. The second kappa shape index (κ2) is 10.9. The van der Waals surface area contributed by atoms with Gasteiger partial charge in [0.1, 0.15) is 18.2 Å². The van der Waals surface area contributed by atoms with Gasteiger partial charge >= 0.3 is 0 Å². The molecule has 0 saturated heterocycles. The fraction of sp³-hybridized carbons (Fsp3) is 0.294. The first-order chi connectivity index (χ1) is 19.4. The van der Waals surface area contributed by atoms with Crippen molar-refractivity contribution in [2.75, 3.05) is 4.90 Å². The zero-order valence-electron chi connectivity index (χ0n) is 23.9. The lowest BCUT2D eigenvalue weighted by Gasteiger charge is -2.44. The van der Waals surface area contributed by atoms with Crippen LogP contribution in [-0.2, 0) is 11.4 Å². The quantitative estimate of drug-likeness (QED) is 0.325. The number of Topliss-reactive ketones (excluding diaryl/α,β-unsaturated/α-hetero) is 1. The average Bonchev–Trinajstić information content (AvgIpc) is 2.90. The largest absolute Gasteiger partial charge is 0.487 e. The first kappa shape index (κ1) is 28.8. The lowest BCUT2D eigenvalue weighted by molar-refractivity contribution is -0.118. The van der Waals surface area contributed by atoms with E-state index in [2.05, 4.69) is 32.0 Å². The highest BCUT2D eigenvalue weighted by Gasteiger charge is 2.45. The van der Waals surface area contributed by atoms with Gasteiger partial charge in [-0.1, -0.05) is 72.9 Å². The van der Waals surface area contributed by atoms with E-state index >= 15 is 0 Å². The van der Waals surface area contributed by atoms with Gasteiger partial charge in [0.05, 0.1) is 28.3 Å². The van der Waals surface area contributed by atoms with Crippen molar-refractivity contribution in [3.63, 3.8) is 0 Å². The van der Waals surface area contributed by atoms with Crippen molar-refractivity contribution in [2.24, 2.45) is 11.1 Å². The van der Waals surface area contributed by atoms with Crippen molar-refractivity contribution >= 4 is 34.7 Å². The smallest absolute Gasteiger partial charge is 0.162 e. The highest BCUT2D eigenvalue weighted by Crippen LogP contribution is 2.51. The number of rotatable bonds is 5. The first-order valence-electron chi connectivity index (χ1n) is 13.6. The van der Waals surface area contributed by atoms with Crippen LogP contribution >= 0.6 is 23.2 Å². The Kier molecular flexibility index (Phi) is 7.68. The Hall–Kier alpha value is -3.72. The zero-order chi connectivity index (χ0) is 29.6. The van der Waals surface area contributed by atoms with Gasteiger partial charge in [0.2, 0.25) is 0 Å². The van der Waals surface area contributed by atoms with E-state index in [4.69, 9.17) is 33.7 Å². The van der Waals surface area contributed by atoms with E-state index in [0.717, 1.165) is 39.2 Å². The number of carbonyl (C=O) groups excluding carboxylic acids is 1. The summed E-state index contributed by atoms with van der Waals surface area (Å²) >= 11 is 12.8. The molecule has 0 bridgehead atoms. The van der Waals surface area contributed by atoms with Crippen LogP contribution < -0.4 is 15.4 Å². The summed E-state index contributed by atoms with van der Waals surface area (Å²) in [6.07, 6.45) is 1.01. The monoisotopic (exact) mass is 585 g/mol. The van der Waals surface area contributed by atoms with E-state index in [1.807, 2.05) is 62.1 Å². The highest BCUT2D eigenvalue weighted by molar-refractivity contribution is 6.32. The molecular weight excluding hydrogens is 553 g/mol. The summed E-state index contributed by atoms with van der Waals surface area (Å²) in [6, 6.07) is 19.5. The fourth-order valence-corrected chi connectivity index (χ4v) is 6.41. The van der Waals surface area contributed by atoms with E-state index in [0.29, 0.717) is 52.2 Å². The van der Waals surface area contributed by atoms with Gasteiger partial charge in [-0.15, -0.1) is 0 Å². The van der Waals surface area contributed by atoms with Gasteiger partial charge in [-0.3, -0.25) is 9.69 Å². The van der Waals surface area contributed by atoms with Crippen LogP contribution in [0.25, 0.3) is 0 Å². The molecule has 1 aliphatic carbocycles. The number of halogens is 2. The third-order valence-corrected chi connectivity index (χ3v) is 8.57. The van der Waals surface area contributed by atoms with E-state index < -0.39 is 5.92 Å². The van der Waals surface area contributed by atoms with Crippen molar-refractivity contribution in [1.29, 1.82) is 5.26 Å². The number of nitrogens with two attached hydrogens (primary N) is 1. The van der Waals surface area contributed by atoms with Crippen LogP contribution in [0.1, 0.15) is 60.4 Å². The van der Waals surface area contributed by atoms with E-state index in [9.17, 15) is 10.1 Å². The molecule has 2 N–H and O–H groups in total. The van der Waals surface area contributed by atoms with Crippen LogP contribution in [0.4, 0.5) is 5.69 Å². The summed E-state index contributed by atoms with van der Waals surface area (Å²) in [5, 5.41) is 11.7. The molecule has 3 aromatic carbocycles. The van der Waals surface area contributed by atoms with E-state index in [1.165, 1.54) is 0 Å². The number of allylic oxidation sites excluding steroid dienone is 3. The Morgan fingerprint density at radius 2 is 1.80 bits per heavy atom. The molecule has 1 heterocycles. The van der Waals surface area contributed by atoms with Crippen molar-refractivity contribution in [2.45, 2.75) is 60.0 Å². The molecule has 1 unspecified atom stereocenters. The Labute approximate surface area is 251 Å². The molecule has 7 heteroatoms. The summed E-state index contributed by atoms with van der Waals surface area (Å²) < 4.78 is 6.10. The van der Waals surface area contributed by atoms with Crippen molar-refractivity contribution in [1.82, 2.24) is 0 Å². The van der Waals surface area contributed by atoms with Crippen LogP contribution in [0.2, 0.25) is 10.0 Å². The zero-order valence-corrected chi connectivity index (χ0v) is 25.5. The molecule has 0 radical (unpaired) electrons. The van der Waals surface area contributed by atoms with Crippen LogP contribution in [0, 0.1) is 37.5 Å². The number of benzene rings is 3. The Balaban J connectivity index is 1.70. The molecule has 0 saturated carbocycles. The topological polar surface area (TPSA) is 79.3 Å². The maximum Gasteiger partial charge on any atom is 0.162 e. The molecule has 1 aliphatic heterocycles. The SMILES string of the molecule is Cc1cc(COc2ccccc2Cl)c(C)c(C2C(C#N)=C(N)N(c3cc(Cl)ccc3C)C3=C2C(=O)CC(C)(C)C3)c1. The molecule has 5 rings (SSSR count). The third-order valence-electron chi connectivity index (χ3n) is 8.02. The van der Waals surface area contributed by atoms with Gasteiger partial charge in [0.25, 0.3) is 0 Å². The molecule has 0 aromatic heterocycles. The van der Waals surface area contributed by atoms with Gasteiger partial charge in [0.15, 0.2) is 5.78 Å². The number of aryl methyl sites for hydroxylation is 2. The molecule has 0 spiro atoms. The summed E-state index contributed by atoms with van der Waals surface area (Å²) in [6.45, 7) is 10.5. The second-order valence-corrected chi connectivity index (χ2v) is 12.6. The molecule has 5 nitrogen and oxygen atoms in total. The van der Waals surface area contributed by atoms with Crippen molar-refractivity contribution in [3.8, 4) is 11.8 Å². The number of hydrogen-bond acceptors (Lipinski definition) is 5. The van der Waals surface area contributed by atoms with E-state index in [-0.39, 0.29) is 11.2 Å². The number of nitrogens with zero attached hydrogens (tertiary/aromatic N) is 2. The Morgan fingerprint density at radius 1 is 1.07 bits per heavy atom. The molecular formula is C34H33Cl2N3O2. The third kappa shape index (κ3) is 5.35. The molecule has 1 atom stereocenters. The van der Waals surface area contributed by atoms with Crippen LogP contribution in [0.3, 0.4) is 0 Å². The standard InChI is InChI=1S/C34H33Cl2N3O2/c1-19-12-22(18-41-30-9-7-6-8-26(30)36)21(3)24(13-19)31-25(17-37)33(38)39(27-14-23(35)11-10-20(27)2)28-15-34(4,5)16-29(40)32(28)31/h6-14,31H,15-16,18,38H2,1-5H3. The molecule has 0 amide bonds. The maximum absolute atomic E-state index is 14.0. The lowest BCUT2D eigenvalue weighted by atomic mass is 9.67. The number of ketones is 1. The summed E-state index contributed by atoms with van der Waals surface area (Å²) in [4.78, 5) is 15.9. The van der Waals surface area contributed by atoms with Crippen LogP contribution in [0.15, 0.2) is 77.3 Å². The predicted molar refractivity (Wildman–Crippen MR) is 165 cm³/mol. The van der Waals surface area contributed by atoms with Gasteiger partial charge in [-0.05, 0) is 79.1 Å². The second-order valence-electron chi connectivity index (χ2n) is 11.8. The number of para-hydroxylation sites is 1. The minimum absolute atomic E-state index is 0.0287. The number of ether oxygens (including phenoxy) is 1. The Bertz CT molecular complexity index is 1680. The van der Waals surface area contributed by atoms with Gasteiger partial charge < -0.3 is 10.5 Å². The van der Waals surface area contributed by atoms with E-state index in [1.54, 1.807) is 6.07 Å². The number of anilines is 1. The summed E-state index contributed by atoms with van der Waals surface area (Å²) in [7, 11) is 0. The lowest BCUT2D eigenvalue weighted by Crippen LogP contribution is -2.42. The average molecular weight is 587 g/mol. The van der Waals surface area contributed by atoms with Crippen molar-refractivity contribution < 1.29 is 9.53 Å².